The van der Waals surface area contributed by atoms with Crippen molar-refractivity contribution in [2.24, 2.45) is 5.92 Å². The van der Waals surface area contributed by atoms with Crippen molar-refractivity contribution in [3.8, 4) is 6.07 Å². The maximum Gasteiger partial charge on any atom is 0.240 e. The third-order valence-electron chi connectivity index (χ3n) is 3.26. The van der Waals surface area contributed by atoms with Gasteiger partial charge in [0.15, 0.2) is 0 Å². The second-order valence-electron chi connectivity index (χ2n) is 4.77. The average molecular weight is 299 g/mol. The molecule has 0 amide bonds. The van der Waals surface area contributed by atoms with Gasteiger partial charge in [-0.3, -0.25) is 0 Å². The highest BCUT2D eigenvalue weighted by Crippen LogP contribution is 2.35. The van der Waals surface area contributed by atoms with Gasteiger partial charge in [0.25, 0.3) is 0 Å². The highest BCUT2D eigenvalue weighted by molar-refractivity contribution is 7.89. The molecule has 1 fully saturated rings. The largest absolute Gasteiger partial charge is 0.240 e. The summed E-state index contributed by atoms with van der Waals surface area (Å²) in [4.78, 5) is 0.110. The van der Waals surface area contributed by atoms with Gasteiger partial charge in [0.2, 0.25) is 10.0 Å². The summed E-state index contributed by atoms with van der Waals surface area (Å²) in [5.74, 6) is 0.452. The van der Waals surface area contributed by atoms with Gasteiger partial charge >= 0.3 is 0 Å². The van der Waals surface area contributed by atoms with E-state index in [1.807, 2.05) is 6.07 Å². The van der Waals surface area contributed by atoms with Crippen LogP contribution in [0.25, 0.3) is 0 Å². The molecule has 0 spiro atoms. The molecule has 2 unspecified atom stereocenters. The van der Waals surface area contributed by atoms with Gasteiger partial charge in [0.05, 0.1) is 15.5 Å². The minimum Gasteiger partial charge on any atom is -0.208 e. The van der Waals surface area contributed by atoms with Gasteiger partial charge in [-0.15, -0.1) is 0 Å². The van der Waals surface area contributed by atoms with Crippen LogP contribution in [0.3, 0.4) is 0 Å². The van der Waals surface area contributed by atoms with E-state index in [1.54, 1.807) is 0 Å². The normalized spacial score (nSPS) is 21.9. The van der Waals surface area contributed by atoms with Gasteiger partial charge in [-0.25, -0.2) is 13.1 Å². The number of rotatable bonds is 5. The molecule has 2 atom stereocenters. The van der Waals surface area contributed by atoms with Crippen molar-refractivity contribution in [2.75, 3.05) is 0 Å². The number of nitrogens with one attached hydrogen (secondary N) is 1. The van der Waals surface area contributed by atoms with Crippen molar-refractivity contribution in [3.05, 3.63) is 28.8 Å². The van der Waals surface area contributed by atoms with Gasteiger partial charge < -0.3 is 0 Å². The predicted molar refractivity (Wildman–Crippen MR) is 73.3 cm³/mol. The number of sulfonamides is 1. The summed E-state index contributed by atoms with van der Waals surface area (Å²) in [7, 11) is -3.54. The summed E-state index contributed by atoms with van der Waals surface area (Å²) in [6.45, 7) is 2.09. The van der Waals surface area contributed by atoms with Crippen LogP contribution in [-0.4, -0.2) is 14.5 Å². The van der Waals surface area contributed by atoms with E-state index in [4.69, 9.17) is 16.9 Å². The first-order valence-corrected chi connectivity index (χ1v) is 8.06. The molecular weight excluding hydrogens is 284 g/mol. The second-order valence-corrected chi connectivity index (χ2v) is 6.89. The van der Waals surface area contributed by atoms with Crippen molar-refractivity contribution < 1.29 is 8.42 Å². The fraction of sp³-hybridized carbons (Fsp3) is 0.462. The molecule has 6 heteroatoms. The maximum atomic E-state index is 12.1. The summed E-state index contributed by atoms with van der Waals surface area (Å²) >= 11 is 5.85. The van der Waals surface area contributed by atoms with E-state index in [1.165, 1.54) is 18.2 Å². The zero-order valence-corrected chi connectivity index (χ0v) is 12.1. The molecule has 0 radical (unpaired) electrons. The van der Waals surface area contributed by atoms with Gasteiger partial charge in [-0.05, 0) is 37.0 Å². The molecule has 1 aromatic carbocycles. The van der Waals surface area contributed by atoms with Gasteiger partial charge in [-0.1, -0.05) is 24.9 Å². The Morgan fingerprint density at radius 2 is 2.26 bits per heavy atom. The lowest BCUT2D eigenvalue weighted by molar-refractivity contribution is 0.573. The minimum atomic E-state index is -3.54. The first-order chi connectivity index (χ1) is 8.97. The van der Waals surface area contributed by atoms with Crippen LogP contribution in [0.4, 0.5) is 0 Å². The Kier molecular flexibility index (Phi) is 4.14. The Morgan fingerprint density at radius 3 is 2.84 bits per heavy atom. The van der Waals surface area contributed by atoms with Crippen LogP contribution < -0.4 is 4.72 Å². The van der Waals surface area contributed by atoms with Gasteiger partial charge in [-0.2, -0.15) is 5.26 Å². The zero-order chi connectivity index (χ0) is 14.0. The highest BCUT2D eigenvalue weighted by Gasteiger charge is 2.39. The lowest BCUT2D eigenvalue weighted by atomic mass is 10.2. The number of hydrogen-bond donors (Lipinski definition) is 1. The van der Waals surface area contributed by atoms with Crippen molar-refractivity contribution in [3.63, 3.8) is 0 Å². The standard InChI is InChI=1S/C13H15ClN2O2S/c1-2-3-9-6-13(9)16-19(17,18)11-5-4-10(8-15)12(14)7-11/h4-5,7,9,13,16H,2-3,6H2,1H3. The van der Waals surface area contributed by atoms with Crippen molar-refractivity contribution in [1.29, 1.82) is 5.26 Å². The second kappa shape index (κ2) is 5.49. The van der Waals surface area contributed by atoms with Crippen LogP contribution in [0.1, 0.15) is 31.7 Å². The van der Waals surface area contributed by atoms with Crippen LogP contribution in [0, 0.1) is 17.2 Å². The number of halogens is 1. The van der Waals surface area contributed by atoms with E-state index in [0.717, 1.165) is 19.3 Å². The molecule has 0 aromatic heterocycles. The van der Waals surface area contributed by atoms with Gasteiger partial charge in [0, 0.05) is 6.04 Å². The molecule has 0 aliphatic heterocycles. The van der Waals surface area contributed by atoms with E-state index < -0.39 is 10.0 Å². The molecule has 0 bridgehead atoms. The molecule has 1 aliphatic rings. The fourth-order valence-corrected chi connectivity index (χ4v) is 3.73. The van der Waals surface area contributed by atoms with Crippen LogP contribution in [0.5, 0.6) is 0 Å². The molecule has 1 aliphatic carbocycles. The Bertz CT molecular complexity index is 622. The van der Waals surface area contributed by atoms with E-state index in [0.29, 0.717) is 5.92 Å². The number of benzene rings is 1. The van der Waals surface area contributed by atoms with E-state index in [-0.39, 0.29) is 21.5 Å². The number of nitrogens with zero attached hydrogens (tertiary/aromatic N) is 1. The lowest BCUT2D eigenvalue weighted by Crippen LogP contribution is -2.27. The Hall–Kier alpha value is -1.09. The summed E-state index contributed by atoms with van der Waals surface area (Å²) < 4.78 is 26.9. The van der Waals surface area contributed by atoms with E-state index in [2.05, 4.69) is 11.6 Å². The molecule has 1 aromatic rings. The van der Waals surface area contributed by atoms with Crippen molar-refractivity contribution >= 4 is 21.6 Å². The highest BCUT2D eigenvalue weighted by atomic mass is 35.5. The zero-order valence-electron chi connectivity index (χ0n) is 10.6. The quantitative estimate of drug-likeness (QED) is 0.908. The van der Waals surface area contributed by atoms with E-state index in [9.17, 15) is 8.42 Å². The molecule has 4 nitrogen and oxygen atoms in total. The fourth-order valence-electron chi connectivity index (χ4n) is 2.10. The molecular formula is C13H15ClN2O2S. The first-order valence-electron chi connectivity index (χ1n) is 6.20. The smallest absolute Gasteiger partial charge is 0.208 e. The van der Waals surface area contributed by atoms with Crippen LogP contribution in [-0.2, 0) is 10.0 Å². The molecule has 1 N–H and O–H groups in total. The van der Waals surface area contributed by atoms with Crippen LogP contribution >= 0.6 is 11.6 Å². The van der Waals surface area contributed by atoms with Crippen molar-refractivity contribution in [2.45, 2.75) is 37.1 Å². The Labute approximate surface area is 118 Å². The summed E-state index contributed by atoms with van der Waals surface area (Å²) in [6.07, 6.45) is 3.00. The molecule has 1 saturated carbocycles. The van der Waals surface area contributed by atoms with Gasteiger partial charge in [0.1, 0.15) is 6.07 Å². The minimum absolute atomic E-state index is 0.0411. The van der Waals surface area contributed by atoms with Crippen LogP contribution in [0.2, 0.25) is 5.02 Å². The number of hydrogen-bond acceptors (Lipinski definition) is 3. The van der Waals surface area contributed by atoms with E-state index >= 15 is 0 Å². The third kappa shape index (κ3) is 3.27. The Balaban J connectivity index is 2.13. The molecule has 0 heterocycles. The maximum absolute atomic E-state index is 12.1. The first kappa shape index (κ1) is 14.3. The molecule has 102 valence electrons. The summed E-state index contributed by atoms with van der Waals surface area (Å²) in [5, 5.41) is 8.92. The summed E-state index contributed by atoms with van der Waals surface area (Å²) in [5.41, 5.74) is 0.274. The summed E-state index contributed by atoms with van der Waals surface area (Å²) in [6, 6.07) is 6.09. The lowest BCUT2D eigenvalue weighted by Gasteiger charge is -2.07. The van der Waals surface area contributed by atoms with Crippen LogP contribution in [0.15, 0.2) is 23.1 Å². The monoisotopic (exact) mass is 298 g/mol. The molecule has 19 heavy (non-hydrogen) atoms. The average Bonchev–Trinajstić information content (AvgIpc) is 3.06. The number of nitriles is 1. The Morgan fingerprint density at radius 1 is 1.53 bits per heavy atom. The van der Waals surface area contributed by atoms with Crippen molar-refractivity contribution in [1.82, 2.24) is 4.72 Å². The topological polar surface area (TPSA) is 70.0 Å². The molecule has 2 rings (SSSR count). The SMILES string of the molecule is CCCC1CC1NS(=O)(=O)c1ccc(C#N)c(Cl)c1. The molecule has 0 saturated heterocycles. The predicted octanol–water partition coefficient (Wildman–Crippen LogP) is 2.68. The third-order valence-corrected chi connectivity index (χ3v) is 5.06.